The van der Waals surface area contributed by atoms with Gasteiger partial charge in [0.2, 0.25) is 5.91 Å². The second kappa shape index (κ2) is 5.71. The summed E-state index contributed by atoms with van der Waals surface area (Å²) in [5, 5.41) is 14.6. The molecule has 1 aromatic heterocycles. The van der Waals surface area contributed by atoms with Crippen LogP contribution in [0.5, 0.6) is 0 Å². The number of nitrogens with two attached hydrogens (primary N) is 1. The molecule has 5 nitrogen and oxygen atoms in total. The SMILES string of the molecule is NC(=O)c1csc(C(=O)NCC2(O)CCCCC2)c1. The van der Waals surface area contributed by atoms with Crippen LogP contribution in [0.4, 0.5) is 0 Å². The van der Waals surface area contributed by atoms with E-state index in [0.717, 1.165) is 32.1 Å². The first-order valence-corrected chi connectivity index (χ1v) is 7.27. The molecule has 0 aliphatic heterocycles. The third-order valence-electron chi connectivity index (χ3n) is 3.47. The zero-order valence-corrected chi connectivity index (χ0v) is 11.5. The highest BCUT2D eigenvalue weighted by molar-refractivity contribution is 7.12. The van der Waals surface area contributed by atoms with Gasteiger partial charge in [-0.05, 0) is 18.9 Å². The predicted molar refractivity (Wildman–Crippen MR) is 73.2 cm³/mol. The number of primary amides is 1. The quantitative estimate of drug-likeness (QED) is 0.776. The van der Waals surface area contributed by atoms with Gasteiger partial charge in [0, 0.05) is 11.9 Å². The molecule has 19 heavy (non-hydrogen) atoms. The van der Waals surface area contributed by atoms with Gasteiger partial charge in [-0.3, -0.25) is 9.59 Å². The van der Waals surface area contributed by atoms with E-state index in [1.54, 1.807) is 5.38 Å². The normalized spacial score (nSPS) is 17.9. The lowest BCUT2D eigenvalue weighted by atomic mass is 9.85. The Bertz CT molecular complexity index is 478. The number of thiophene rings is 1. The third kappa shape index (κ3) is 3.54. The van der Waals surface area contributed by atoms with Crippen LogP contribution in [0.15, 0.2) is 11.4 Å². The highest BCUT2D eigenvalue weighted by atomic mass is 32.1. The van der Waals surface area contributed by atoms with E-state index in [0.29, 0.717) is 10.4 Å². The number of aliphatic hydroxyl groups is 1. The fourth-order valence-corrected chi connectivity index (χ4v) is 3.12. The smallest absolute Gasteiger partial charge is 0.261 e. The molecule has 1 aliphatic rings. The van der Waals surface area contributed by atoms with Crippen LogP contribution in [0.1, 0.15) is 52.1 Å². The summed E-state index contributed by atoms with van der Waals surface area (Å²) >= 11 is 1.18. The van der Waals surface area contributed by atoms with Crippen LogP contribution in [-0.2, 0) is 0 Å². The number of amides is 2. The summed E-state index contributed by atoms with van der Waals surface area (Å²) in [5.41, 5.74) is 4.69. The summed E-state index contributed by atoms with van der Waals surface area (Å²) in [7, 11) is 0. The summed E-state index contributed by atoms with van der Waals surface area (Å²) in [6.45, 7) is 0.260. The minimum Gasteiger partial charge on any atom is -0.388 e. The number of hydrogen-bond acceptors (Lipinski definition) is 4. The molecule has 0 aromatic carbocycles. The van der Waals surface area contributed by atoms with Gasteiger partial charge in [-0.25, -0.2) is 0 Å². The van der Waals surface area contributed by atoms with E-state index in [1.165, 1.54) is 17.4 Å². The van der Waals surface area contributed by atoms with Crippen molar-refractivity contribution in [1.82, 2.24) is 5.32 Å². The van der Waals surface area contributed by atoms with Crippen LogP contribution >= 0.6 is 11.3 Å². The maximum absolute atomic E-state index is 11.9. The van der Waals surface area contributed by atoms with Crippen molar-refractivity contribution < 1.29 is 14.7 Å². The standard InChI is InChI=1S/C13H18N2O3S/c14-11(16)9-6-10(19-7-9)12(17)15-8-13(18)4-2-1-3-5-13/h6-7,18H,1-5,8H2,(H2,14,16)(H,15,17). The predicted octanol–water partition coefficient (Wildman–Crippen LogP) is 1.27. The van der Waals surface area contributed by atoms with Crippen LogP contribution in [0.2, 0.25) is 0 Å². The highest BCUT2D eigenvalue weighted by Crippen LogP contribution is 2.27. The molecule has 1 fully saturated rings. The second-order valence-corrected chi connectivity index (χ2v) is 5.94. The Kier molecular flexibility index (Phi) is 4.21. The molecule has 0 radical (unpaired) electrons. The van der Waals surface area contributed by atoms with Gasteiger partial charge in [-0.15, -0.1) is 11.3 Å². The van der Waals surface area contributed by atoms with Crippen molar-refractivity contribution in [2.75, 3.05) is 6.54 Å². The van der Waals surface area contributed by atoms with Crippen LogP contribution in [0.3, 0.4) is 0 Å². The molecule has 0 saturated heterocycles. The number of rotatable bonds is 4. The van der Waals surface area contributed by atoms with Crippen molar-refractivity contribution in [3.8, 4) is 0 Å². The summed E-state index contributed by atoms with van der Waals surface area (Å²) in [6, 6.07) is 1.48. The lowest BCUT2D eigenvalue weighted by molar-refractivity contribution is 0.00529. The molecular weight excluding hydrogens is 264 g/mol. The maximum Gasteiger partial charge on any atom is 0.261 e. The first-order chi connectivity index (χ1) is 9.00. The van der Waals surface area contributed by atoms with Crippen LogP contribution in [-0.4, -0.2) is 29.1 Å². The molecule has 4 N–H and O–H groups in total. The summed E-state index contributed by atoms with van der Waals surface area (Å²) in [5.74, 6) is -0.808. The molecule has 104 valence electrons. The van der Waals surface area contributed by atoms with Crippen molar-refractivity contribution in [3.63, 3.8) is 0 Å². The molecule has 1 heterocycles. The Morgan fingerprint density at radius 2 is 2.05 bits per heavy atom. The molecule has 6 heteroatoms. The molecule has 1 aromatic rings. The van der Waals surface area contributed by atoms with Gasteiger partial charge < -0.3 is 16.2 Å². The van der Waals surface area contributed by atoms with Gasteiger partial charge in [-0.2, -0.15) is 0 Å². The van der Waals surface area contributed by atoms with Gasteiger partial charge in [0.25, 0.3) is 5.91 Å². The molecule has 2 rings (SSSR count). The summed E-state index contributed by atoms with van der Waals surface area (Å²) in [6.07, 6.45) is 4.59. The van der Waals surface area contributed by atoms with E-state index in [4.69, 9.17) is 5.73 Å². The van der Waals surface area contributed by atoms with Crippen molar-refractivity contribution in [2.45, 2.75) is 37.7 Å². The molecular formula is C13H18N2O3S. The monoisotopic (exact) mass is 282 g/mol. The summed E-state index contributed by atoms with van der Waals surface area (Å²) < 4.78 is 0. The summed E-state index contributed by atoms with van der Waals surface area (Å²) in [4.78, 5) is 23.3. The van der Waals surface area contributed by atoms with Crippen molar-refractivity contribution in [3.05, 3.63) is 21.9 Å². The average Bonchev–Trinajstić information content (AvgIpc) is 2.87. The first kappa shape index (κ1) is 14.0. The Morgan fingerprint density at radius 1 is 1.37 bits per heavy atom. The minimum absolute atomic E-state index is 0.260. The molecule has 1 saturated carbocycles. The molecule has 0 spiro atoms. The Balaban J connectivity index is 1.91. The maximum atomic E-state index is 11.9. The topological polar surface area (TPSA) is 92.4 Å². The van der Waals surface area contributed by atoms with Gasteiger partial charge in [-0.1, -0.05) is 19.3 Å². The number of hydrogen-bond donors (Lipinski definition) is 3. The van der Waals surface area contributed by atoms with Gasteiger partial charge in [0.15, 0.2) is 0 Å². The molecule has 0 atom stereocenters. The molecule has 1 aliphatic carbocycles. The van der Waals surface area contributed by atoms with Crippen LogP contribution in [0, 0.1) is 0 Å². The van der Waals surface area contributed by atoms with Gasteiger partial charge >= 0.3 is 0 Å². The molecule has 0 unspecified atom stereocenters. The Labute approximate surface area is 115 Å². The first-order valence-electron chi connectivity index (χ1n) is 6.39. The number of carbonyl (C=O) groups excluding carboxylic acids is 2. The van der Waals surface area contributed by atoms with Crippen molar-refractivity contribution >= 4 is 23.2 Å². The van der Waals surface area contributed by atoms with Gasteiger partial charge in [0.05, 0.1) is 16.0 Å². The van der Waals surface area contributed by atoms with E-state index in [9.17, 15) is 14.7 Å². The zero-order valence-electron chi connectivity index (χ0n) is 10.6. The van der Waals surface area contributed by atoms with E-state index < -0.39 is 11.5 Å². The average molecular weight is 282 g/mol. The Hall–Kier alpha value is -1.40. The lowest BCUT2D eigenvalue weighted by Gasteiger charge is -2.32. The van der Waals surface area contributed by atoms with Crippen molar-refractivity contribution in [1.29, 1.82) is 0 Å². The fourth-order valence-electron chi connectivity index (χ4n) is 2.30. The van der Waals surface area contributed by atoms with E-state index in [-0.39, 0.29) is 12.5 Å². The van der Waals surface area contributed by atoms with E-state index in [2.05, 4.69) is 5.32 Å². The second-order valence-electron chi connectivity index (χ2n) is 5.03. The number of nitrogens with one attached hydrogen (secondary N) is 1. The molecule has 2 amide bonds. The van der Waals surface area contributed by atoms with Crippen LogP contribution < -0.4 is 11.1 Å². The van der Waals surface area contributed by atoms with Gasteiger partial charge in [0.1, 0.15) is 0 Å². The minimum atomic E-state index is -0.780. The van der Waals surface area contributed by atoms with E-state index >= 15 is 0 Å². The lowest BCUT2D eigenvalue weighted by Crippen LogP contribution is -2.44. The third-order valence-corrected chi connectivity index (χ3v) is 4.40. The van der Waals surface area contributed by atoms with E-state index in [1.807, 2.05) is 0 Å². The largest absolute Gasteiger partial charge is 0.388 e. The number of carbonyl (C=O) groups is 2. The Morgan fingerprint density at radius 3 is 2.63 bits per heavy atom. The van der Waals surface area contributed by atoms with Crippen LogP contribution in [0.25, 0.3) is 0 Å². The molecule has 0 bridgehead atoms. The van der Waals surface area contributed by atoms with Crippen molar-refractivity contribution in [2.24, 2.45) is 5.73 Å². The zero-order chi connectivity index (χ0) is 13.9. The fraction of sp³-hybridized carbons (Fsp3) is 0.538. The highest BCUT2D eigenvalue weighted by Gasteiger charge is 2.29.